The van der Waals surface area contributed by atoms with Crippen LogP contribution in [-0.4, -0.2) is 29.3 Å². The van der Waals surface area contributed by atoms with E-state index in [1.807, 2.05) is 21.7 Å². The molecule has 1 amide bonds. The van der Waals surface area contributed by atoms with Crippen molar-refractivity contribution in [3.8, 4) is 0 Å². The number of halogens is 1. The fourth-order valence-electron chi connectivity index (χ4n) is 1.98. The molecule has 0 N–H and O–H groups in total. The van der Waals surface area contributed by atoms with E-state index >= 15 is 0 Å². The van der Waals surface area contributed by atoms with E-state index in [1.165, 1.54) is 6.42 Å². The van der Waals surface area contributed by atoms with Gasteiger partial charge in [0.25, 0.3) is 5.91 Å². The molecule has 0 radical (unpaired) electrons. The summed E-state index contributed by atoms with van der Waals surface area (Å²) in [5.41, 5.74) is 0.803. The molecule has 15 heavy (non-hydrogen) atoms. The van der Waals surface area contributed by atoms with Crippen LogP contribution in [0.4, 0.5) is 0 Å². The van der Waals surface area contributed by atoms with Gasteiger partial charge in [0.05, 0.1) is 5.56 Å². The summed E-state index contributed by atoms with van der Waals surface area (Å²) < 4.78 is 0. The molecule has 2 nitrogen and oxygen atoms in total. The maximum Gasteiger partial charge on any atom is 0.254 e. The summed E-state index contributed by atoms with van der Waals surface area (Å²) in [5, 5.41) is 3.84. The van der Waals surface area contributed by atoms with Gasteiger partial charge in [-0.2, -0.15) is 11.3 Å². The highest BCUT2D eigenvalue weighted by molar-refractivity contribution is 7.08. The number of carbonyl (C=O) groups excluding carboxylic acids is 1. The molecule has 1 atom stereocenters. The molecule has 4 heteroatoms. The minimum atomic E-state index is 0.140. The van der Waals surface area contributed by atoms with Crippen LogP contribution in [0.3, 0.4) is 0 Å². The number of piperidine rings is 1. The first kappa shape index (κ1) is 11.0. The summed E-state index contributed by atoms with van der Waals surface area (Å²) in [6, 6.07) is 2.11. The Balaban J connectivity index is 2.11. The summed E-state index contributed by atoms with van der Waals surface area (Å²) >= 11 is 7.45. The number of hydrogen-bond donors (Lipinski definition) is 0. The molecule has 0 saturated carbocycles. The zero-order chi connectivity index (χ0) is 10.7. The normalized spacial score (nSPS) is 21.7. The topological polar surface area (TPSA) is 20.3 Å². The Morgan fingerprint density at radius 3 is 3.13 bits per heavy atom. The molecule has 2 rings (SSSR count). The summed E-state index contributed by atoms with van der Waals surface area (Å²) in [6.07, 6.45) is 3.33. The number of rotatable bonds is 2. The lowest BCUT2D eigenvalue weighted by molar-refractivity contribution is 0.0640. The van der Waals surface area contributed by atoms with E-state index in [9.17, 15) is 4.79 Å². The number of thiophene rings is 1. The first-order valence-corrected chi connectivity index (χ1v) is 6.70. The zero-order valence-corrected chi connectivity index (χ0v) is 10.1. The fourth-order valence-corrected chi connectivity index (χ4v) is 2.93. The zero-order valence-electron chi connectivity index (χ0n) is 8.49. The summed E-state index contributed by atoms with van der Waals surface area (Å²) in [6.45, 7) is 0.853. The van der Waals surface area contributed by atoms with E-state index in [0.29, 0.717) is 5.88 Å². The first-order valence-electron chi connectivity index (χ1n) is 5.22. The monoisotopic (exact) mass is 243 g/mol. The maximum atomic E-state index is 12.1. The van der Waals surface area contributed by atoms with Crippen molar-refractivity contribution < 1.29 is 4.79 Å². The summed E-state index contributed by atoms with van der Waals surface area (Å²) in [7, 11) is 0. The Morgan fingerprint density at radius 2 is 2.47 bits per heavy atom. The average molecular weight is 244 g/mol. The molecule has 1 aromatic heterocycles. The van der Waals surface area contributed by atoms with Gasteiger partial charge in [-0.3, -0.25) is 4.79 Å². The third-order valence-electron chi connectivity index (χ3n) is 2.83. The van der Waals surface area contributed by atoms with Crippen molar-refractivity contribution in [2.45, 2.75) is 25.3 Å². The van der Waals surface area contributed by atoms with Crippen LogP contribution in [0.1, 0.15) is 29.6 Å². The number of hydrogen-bond acceptors (Lipinski definition) is 2. The molecule has 0 aromatic carbocycles. The molecular formula is C11H14ClNOS. The minimum Gasteiger partial charge on any atom is -0.334 e. The van der Waals surface area contributed by atoms with E-state index in [-0.39, 0.29) is 11.9 Å². The smallest absolute Gasteiger partial charge is 0.254 e. The highest BCUT2D eigenvalue weighted by Gasteiger charge is 2.26. The molecule has 1 saturated heterocycles. The lowest BCUT2D eigenvalue weighted by Gasteiger charge is -2.34. The molecule has 0 bridgehead atoms. The van der Waals surface area contributed by atoms with E-state index in [1.54, 1.807) is 11.3 Å². The molecule has 1 unspecified atom stereocenters. The van der Waals surface area contributed by atoms with Crippen LogP contribution in [0, 0.1) is 0 Å². The van der Waals surface area contributed by atoms with Gasteiger partial charge in [-0.15, -0.1) is 11.6 Å². The molecular weight excluding hydrogens is 230 g/mol. The Labute approximate surface area is 98.8 Å². The number of amides is 1. The van der Waals surface area contributed by atoms with Gasteiger partial charge in [0, 0.05) is 23.8 Å². The largest absolute Gasteiger partial charge is 0.334 e. The molecule has 1 fully saturated rings. The standard InChI is InChI=1S/C11H14ClNOS/c12-7-10-3-1-2-5-13(10)11(14)9-4-6-15-8-9/h4,6,8,10H,1-3,5,7H2. The molecule has 82 valence electrons. The molecule has 1 aliphatic rings. The van der Waals surface area contributed by atoms with Gasteiger partial charge in [-0.25, -0.2) is 0 Å². The fraction of sp³-hybridized carbons (Fsp3) is 0.545. The lowest BCUT2D eigenvalue weighted by Crippen LogP contribution is -2.44. The van der Waals surface area contributed by atoms with Crippen LogP contribution >= 0.6 is 22.9 Å². The summed E-state index contributed by atoms with van der Waals surface area (Å²) in [5.74, 6) is 0.692. The highest BCUT2D eigenvalue weighted by Crippen LogP contribution is 2.21. The average Bonchev–Trinajstić information content (AvgIpc) is 2.81. The second-order valence-corrected chi connectivity index (χ2v) is 4.90. The second kappa shape index (κ2) is 4.99. The van der Waals surface area contributed by atoms with Crippen molar-refractivity contribution in [3.63, 3.8) is 0 Å². The molecule has 1 aliphatic heterocycles. The van der Waals surface area contributed by atoms with E-state index in [0.717, 1.165) is 24.9 Å². The van der Waals surface area contributed by atoms with Crippen molar-refractivity contribution in [1.82, 2.24) is 4.90 Å². The van der Waals surface area contributed by atoms with Crippen LogP contribution < -0.4 is 0 Å². The van der Waals surface area contributed by atoms with E-state index in [4.69, 9.17) is 11.6 Å². The van der Waals surface area contributed by atoms with Gasteiger partial charge in [-0.1, -0.05) is 0 Å². The van der Waals surface area contributed by atoms with Gasteiger partial charge in [0.1, 0.15) is 0 Å². The van der Waals surface area contributed by atoms with Gasteiger partial charge in [0.2, 0.25) is 0 Å². The molecule has 0 aliphatic carbocycles. The van der Waals surface area contributed by atoms with Gasteiger partial charge >= 0.3 is 0 Å². The van der Waals surface area contributed by atoms with Crippen LogP contribution in [0.2, 0.25) is 0 Å². The first-order chi connectivity index (χ1) is 7.33. The Kier molecular flexibility index (Phi) is 3.65. The summed E-state index contributed by atoms with van der Waals surface area (Å²) in [4.78, 5) is 14.0. The third-order valence-corrected chi connectivity index (χ3v) is 3.87. The van der Waals surface area contributed by atoms with Crippen LogP contribution in [0.25, 0.3) is 0 Å². The van der Waals surface area contributed by atoms with Gasteiger partial charge < -0.3 is 4.90 Å². The van der Waals surface area contributed by atoms with E-state index < -0.39 is 0 Å². The lowest BCUT2D eigenvalue weighted by atomic mass is 10.0. The van der Waals surface area contributed by atoms with Crippen molar-refractivity contribution in [1.29, 1.82) is 0 Å². The van der Waals surface area contributed by atoms with Gasteiger partial charge in [-0.05, 0) is 30.7 Å². The quantitative estimate of drug-likeness (QED) is 0.732. The Hall–Kier alpha value is -0.540. The van der Waals surface area contributed by atoms with Crippen LogP contribution in [0.5, 0.6) is 0 Å². The Bertz CT molecular complexity index is 325. The molecule has 0 spiro atoms. The van der Waals surface area contributed by atoms with Gasteiger partial charge in [0.15, 0.2) is 0 Å². The third kappa shape index (κ3) is 2.34. The predicted molar refractivity (Wildman–Crippen MR) is 63.7 cm³/mol. The number of alkyl halides is 1. The highest BCUT2D eigenvalue weighted by atomic mass is 35.5. The molecule has 1 aromatic rings. The van der Waals surface area contributed by atoms with Crippen molar-refractivity contribution >= 4 is 28.8 Å². The van der Waals surface area contributed by atoms with Crippen molar-refractivity contribution in [2.75, 3.05) is 12.4 Å². The maximum absolute atomic E-state index is 12.1. The van der Waals surface area contributed by atoms with E-state index in [2.05, 4.69) is 0 Å². The van der Waals surface area contributed by atoms with Crippen molar-refractivity contribution in [2.24, 2.45) is 0 Å². The number of carbonyl (C=O) groups is 1. The second-order valence-electron chi connectivity index (χ2n) is 3.81. The van der Waals surface area contributed by atoms with Crippen molar-refractivity contribution in [3.05, 3.63) is 22.4 Å². The van der Waals surface area contributed by atoms with Crippen LogP contribution in [-0.2, 0) is 0 Å². The minimum absolute atomic E-state index is 0.140. The number of likely N-dealkylation sites (tertiary alicyclic amines) is 1. The van der Waals surface area contributed by atoms with Crippen LogP contribution in [0.15, 0.2) is 16.8 Å². The predicted octanol–water partition coefficient (Wildman–Crippen LogP) is 2.98. The Morgan fingerprint density at radius 1 is 1.60 bits per heavy atom. The SMILES string of the molecule is O=C(c1ccsc1)N1CCCCC1CCl. The number of nitrogens with zero attached hydrogens (tertiary/aromatic N) is 1. The molecule has 2 heterocycles.